The molecule has 1 atom stereocenters. The third kappa shape index (κ3) is 2.79. The monoisotopic (exact) mass is 313 g/mol. The summed E-state index contributed by atoms with van der Waals surface area (Å²) in [5.41, 5.74) is 2.96. The van der Waals surface area contributed by atoms with Crippen LogP contribution in [0.15, 0.2) is 22.7 Å². The van der Waals surface area contributed by atoms with Gasteiger partial charge in [0, 0.05) is 23.1 Å². The van der Waals surface area contributed by atoms with Crippen LogP contribution in [0.5, 0.6) is 5.75 Å². The molecule has 1 heterocycles. The number of hydrogen-bond acceptors (Lipinski definition) is 5. The van der Waals surface area contributed by atoms with Crippen molar-refractivity contribution in [2.75, 3.05) is 0 Å². The molecule has 1 aliphatic carbocycles. The Kier molecular flexibility index (Phi) is 4.03. The third-order valence-corrected chi connectivity index (χ3v) is 4.35. The number of benzene rings is 1. The molecular weight excluding hydrogens is 294 g/mol. The van der Waals surface area contributed by atoms with Crippen LogP contribution < -0.4 is 4.74 Å². The topological polar surface area (TPSA) is 69.4 Å². The number of nitrogens with zero attached hydrogens (tertiary/aromatic N) is 1. The zero-order chi connectivity index (χ0) is 16.6. The maximum atomic E-state index is 12.5. The molecular formula is C18H19NO4. The van der Waals surface area contributed by atoms with Crippen LogP contribution in [0.1, 0.15) is 58.6 Å². The Morgan fingerprint density at radius 1 is 1.30 bits per heavy atom. The molecule has 1 unspecified atom stereocenters. The van der Waals surface area contributed by atoms with Crippen molar-refractivity contribution in [3.05, 3.63) is 46.3 Å². The van der Waals surface area contributed by atoms with Crippen molar-refractivity contribution in [3.8, 4) is 5.75 Å². The largest absolute Gasteiger partial charge is 0.426 e. The van der Waals surface area contributed by atoms with E-state index in [0.29, 0.717) is 29.2 Å². The second kappa shape index (κ2) is 5.99. The van der Waals surface area contributed by atoms with E-state index >= 15 is 0 Å². The summed E-state index contributed by atoms with van der Waals surface area (Å²) in [6.07, 6.45) is 2.10. The van der Waals surface area contributed by atoms with E-state index in [-0.39, 0.29) is 11.8 Å². The molecule has 0 amide bonds. The Hall–Kier alpha value is -2.43. The van der Waals surface area contributed by atoms with Gasteiger partial charge in [-0.05, 0) is 39.7 Å². The van der Waals surface area contributed by atoms with Crippen LogP contribution in [0.3, 0.4) is 0 Å². The van der Waals surface area contributed by atoms with Gasteiger partial charge in [-0.15, -0.1) is 0 Å². The predicted molar refractivity (Wildman–Crippen MR) is 83.7 cm³/mol. The molecule has 0 saturated carbocycles. The van der Waals surface area contributed by atoms with Crippen molar-refractivity contribution >= 4 is 11.8 Å². The number of hydrogen-bond donors (Lipinski definition) is 0. The highest BCUT2D eigenvalue weighted by Crippen LogP contribution is 2.31. The number of esters is 1. The standard InChI is InChI=1S/C18H19NO4/c1-10(17-11(2)19-23-12(17)3)18(21)22-16-9-5-6-13-14(16)7-4-8-15(13)20/h5-6,9-10H,4,7-8H2,1-3H3. The van der Waals surface area contributed by atoms with E-state index in [0.717, 1.165) is 24.0 Å². The number of aromatic nitrogens is 1. The Morgan fingerprint density at radius 3 is 2.78 bits per heavy atom. The zero-order valence-corrected chi connectivity index (χ0v) is 13.5. The Bertz CT molecular complexity index is 756. The SMILES string of the molecule is Cc1noc(C)c1C(C)C(=O)Oc1cccc2c1CCCC2=O. The van der Waals surface area contributed by atoms with Crippen molar-refractivity contribution in [1.29, 1.82) is 0 Å². The van der Waals surface area contributed by atoms with E-state index in [9.17, 15) is 9.59 Å². The predicted octanol–water partition coefficient (Wildman–Crippen LogP) is 3.52. The number of aryl methyl sites for hydroxylation is 2. The first kappa shape index (κ1) is 15.5. The number of fused-ring (bicyclic) bond motifs is 1. The van der Waals surface area contributed by atoms with Gasteiger partial charge in [-0.2, -0.15) is 0 Å². The molecule has 0 spiro atoms. The molecule has 0 saturated heterocycles. The summed E-state index contributed by atoms with van der Waals surface area (Å²) in [5.74, 6) is 0.376. The number of rotatable bonds is 3. The minimum absolute atomic E-state index is 0.114. The lowest BCUT2D eigenvalue weighted by atomic mass is 9.90. The Balaban J connectivity index is 1.87. The average molecular weight is 313 g/mol. The molecule has 0 aliphatic heterocycles. The minimum atomic E-state index is -0.476. The summed E-state index contributed by atoms with van der Waals surface area (Å²) in [6.45, 7) is 5.36. The Morgan fingerprint density at radius 2 is 2.09 bits per heavy atom. The number of carbonyl (C=O) groups is 2. The highest BCUT2D eigenvalue weighted by Gasteiger charge is 2.27. The fourth-order valence-corrected chi connectivity index (χ4v) is 3.16. The summed E-state index contributed by atoms with van der Waals surface area (Å²) >= 11 is 0. The number of ketones is 1. The highest BCUT2D eigenvalue weighted by molar-refractivity contribution is 5.99. The van der Waals surface area contributed by atoms with Crippen LogP contribution in [-0.2, 0) is 11.2 Å². The van der Waals surface area contributed by atoms with Gasteiger partial charge >= 0.3 is 5.97 Å². The van der Waals surface area contributed by atoms with Gasteiger partial charge in [0.05, 0.1) is 11.6 Å². The van der Waals surface area contributed by atoms with Crippen LogP contribution >= 0.6 is 0 Å². The third-order valence-electron chi connectivity index (χ3n) is 4.35. The molecule has 120 valence electrons. The molecule has 0 fully saturated rings. The smallest absolute Gasteiger partial charge is 0.318 e. The van der Waals surface area contributed by atoms with Gasteiger partial charge < -0.3 is 9.26 Å². The maximum Gasteiger partial charge on any atom is 0.318 e. The van der Waals surface area contributed by atoms with E-state index in [4.69, 9.17) is 9.26 Å². The summed E-state index contributed by atoms with van der Waals surface area (Å²) in [6, 6.07) is 5.30. The molecule has 0 radical (unpaired) electrons. The van der Waals surface area contributed by atoms with Crippen molar-refractivity contribution in [2.24, 2.45) is 0 Å². The summed E-state index contributed by atoms with van der Waals surface area (Å²) in [4.78, 5) is 24.5. The zero-order valence-electron chi connectivity index (χ0n) is 13.5. The lowest BCUT2D eigenvalue weighted by Crippen LogP contribution is -2.19. The van der Waals surface area contributed by atoms with Crippen molar-refractivity contribution in [1.82, 2.24) is 5.16 Å². The van der Waals surface area contributed by atoms with Crippen LogP contribution in [0.25, 0.3) is 0 Å². The molecule has 3 rings (SSSR count). The fourth-order valence-electron chi connectivity index (χ4n) is 3.16. The molecule has 1 aliphatic rings. The lowest BCUT2D eigenvalue weighted by molar-refractivity contribution is -0.135. The average Bonchev–Trinajstić information content (AvgIpc) is 2.86. The first-order chi connectivity index (χ1) is 11.0. The van der Waals surface area contributed by atoms with Crippen molar-refractivity contribution < 1.29 is 18.8 Å². The van der Waals surface area contributed by atoms with Crippen LogP contribution in [0.4, 0.5) is 0 Å². The van der Waals surface area contributed by atoms with Crippen LogP contribution in [-0.4, -0.2) is 16.9 Å². The molecule has 1 aromatic heterocycles. The van der Waals surface area contributed by atoms with Gasteiger partial charge in [-0.1, -0.05) is 17.3 Å². The first-order valence-electron chi connectivity index (χ1n) is 7.78. The fraction of sp³-hybridized carbons (Fsp3) is 0.389. The van der Waals surface area contributed by atoms with Gasteiger partial charge in [0.2, 0.25) is 0 Å². The molecule has 0 N–H and O–H groups in total. The summed E-state index contributed by atoms with van der Waals surface area (Å²) < 4.78 is 10.7. The molecule has 0 bridgehead atoms. The highest BCUT2D eigenvalue weighted by atomic mass is 16.5. The number of carbonyl (C=O) groups excluding carboxylic acids is 2. The molecule has 5 heteroatoms. The van der Waals surface area contributed by atoms with Gasteiger partial charge in [0.25, 0.3) is 0 Å². The number of Topliss-reactive ketones (excluding diaryl/α,β-unsaturated/α-hetero) is 1. The second-order valence-corrected chi connectivity index (χ2v) is 5.94. The quantitative estimate of drug-likeness (QED) is 0.640. The lowest BCUT2D eigenvalue weighted by Gasteiger charge is -2.19. The number of ether oxygens (including phenoxy) is 1. The summed E-state index contributed by atoms with van der Waals surface area (Å²) in [7, 11) is 0. The Labute approximate surface area is 134 Å². The van der Waals surface area contributed by atoms with E-state index in [2.05, 4.69) is 5.16 Å². The summed E-state index contributed by atoms with van der Waals surface area (Å²) in [5, 5.41) is 3.88. The molecule has 2 aromatic rings. The van der Waals surface area contributed by atoms with E-state index in [1.54, 1.807) is 39.0 Å². The molecule has 1 aromatic carbocycles. The van der Waals surface area contributed by atoms with Crippen LogP contribution in [0, 0.1) is 13.8 Å². The normalized spacial score (nSPS) is 15.2. The molecule has 5 nitrogen and oxygen atoms in total. The van der Waals surface area contributed by atoms with Crippen molar-refractivity contribution in [2.45, 2.75) is 46.0 Å². The van der Waals surface area contributed by atoms with Gasteiger partial charge in [-0.25, -0.2) is 0 Å². The van der Waals surface area contributed by atoms with E-state index < -0.39 is 5.92 Å². The van der Waals surface area contributed by atoms with Crippen molar-refractivity contribution in [3.63, 3.8) is 0 Å². The molecule has 23 heavy (non-hydrogen) atoms. The maximum absolute atomic E-state index is 12.5. The first-order valence-corrected chi connectivity index (χ1v) is 7.78. The van der Waals surface area contributed by atoms with E-state index in [1.165, 1.54) is 0 Å². The van der Waals surface area contributed by atoms with Crippen LogP contribution in [0.2, 0.25) is 0 Å². The van der Waals surface area contributed by atoms with Gasteiger partial charge in [0.15, 0.2) is 5.78 Å². The minimum Gasteiger partial charge on any atom is -0.426 e. The van der Waals surface area contributed by atoms with Gasteiger partial charge in [0.1, 0.15) is 11.5 Å². The van der Waals surface area contributed by atoms with Gasteiger partial charge in [-0.3, -0.25) is 9.59 Å². The second-order valence-electron chi connectivity index (χ2n) is 5.94. The van der Waals surface area contributed by atoms with E-state index in [1.807, 2.05) is 0 Å².